The molecule has 75 heavy (non-hydrogen) atoms. The fourth-order valence-electron chi connectivity index (χ4n) is 11.8. The summed E-state index contributed by atoms with van der Waals surface area (Å²) < 4.78 is 12.0. The van der Waals surface area contributed by atoms with E-state index in [9.17, 15) is 9.59 Å². The van der Waals surface area contributed by atoms with Gasteiger partial charge in [0.25, 0.3) is 11.8 Å². The van der Waals surface area contributed by atoms with Gasteiger partial charge < -0.3 is 9.80 Å². The van der Waals surface area contributed by atoms with Crippen molar-refractivity contribution >= 4 is 134 Å². The van der Waals surface area contributed by atoms with Gasteiger partial charge in [0, 0.05) is 44.2 Å². The highest BCUT2D eigenvalue weighted by molar-refractivity contribution is 7.49. The highest BCUT2D eigenvalue weighted by Crippen LogP contribution is 2.58. The summed E-state index contributed by atoms with van der Waals surface area (Å²) in [6.45, 7) is 8.76. The molecule has 11 heteroatoms. The fraction of sp³-hybridized carbons (Fsp3) is 0.594. The van der Waals surface area contributed by atoms with E-state index in [2.05, 4.69) is 90.4 Å². The molecule has 2 aliphatic heterocycles. The summed E-state index contributed by atoms with van der Waals surface area (Å²) in [5.74, 6) is -0.157. The maximum atomic E-state index is 13.6. The topological polar surface area (TPSA) is 40.6 Å². The van der Waals surface area contributed by atoms with Crippen LogP contribution in [-0.2, 0) is 22.4 Å². The summed E-state index contributed by atoms with van der Waals surface area (Å²) >= 11 is 14.0. The molecule has 0 saturated heterocycles. The molecule has 0 radical (unpaired) electrons. The minimum Gasteiger partial charge on any atom is -0.315 e. The van der Waals surface area contributed by atoms with Crippen molar-refractivity contribution in [3.8, 4) is 19.5 Å². The number of allylic oxidation sites excluding steroid dienone is 1. The lowest BCUT2D eigenvalue weighted by Crippen LogP contribution is -2.24. The maximum absolute atomic E-state index is 13.6. The zero-order chi connectivity index (χ0) is 52.3. The number of carbonyl (C=O) groups excluding carboxylic acids is 2. The maximum Gasteiger partial charge on any atom is 0.260 e. The summed E-state index contributed by atoms with van der Waals surface area (Å²) in [7, 11) is 3.61. The van der Waals surface area contributed by atoms with Gasteiger partial charge in [-0.1, -0.05) is 194 Å². The molecule has 0 unspecified atom stereocenters. The summed E-state index contributed by atoms with van der Waals surface area (Å²) in [5.41, 5.74) is 5.78. The number of amides is 2. The number of hydrogen-bond acceptors (Lipinski definition) is 9. The normalized spacial score (nSPS) is 14.3. The fourth-order valence-corrected chi connectivity index (χ4v) is 21.9. The molecule has 0 bridgehead atoms. The van der Waals surface area contributed by atoms with Gasteiger partial charge >= 0.3 is 0 Å². The third-order valence-corrected chi connectivity index (χ3v) is 26.0. The van der Waals surface area contributed by atoms with Crippen LogP contribution in [0, 0.1) is 6.92 Å². The molecule has 406 valence electrons. The van der Waals surface area contributed by atoms with Gasteiger partial charge in [-0.2, -0.15) is 0 Å². The molecule has 0 aromatic carbocycles. The quantitative estimate of drug-likeness (QED) is 0.0372. The van der Waals surface area contributed by atoms with Crippen molar-refractivity contribution in [2.45, 2.75) is 233 Å². The predicted molar refractivity (Wildman–Crippen MR) is 340 cm³/mol. The average Bonchev–Trinajstić information content (AvgIpc) is 4.45. The van der Waals surface area contributed by atoms with Crippen LogP contribution in [0.1, 0.15) is 234 Å². The first kappa shape index (κ1) is 57.1. The number of carbonyl (C=O) groups is 2. The van der Waals surface area contributed by atoms with Crippen LogP contribution >= 0.6 is 79.4 Å². The van der Waals surface area contributed by atoms with Crippen LogP contribution in [0.5, 0.6) is 0 Å². The summed E-state index contributed by atoms with van der Waals surface area (Å²) in [6.07, 6.45) is 43.9. The molecule has 2 amide bonds. The van der Waals surface area contributed by atoms with Crippen LogP contribution in [0.4, 0.5) is 0 Å². The molecular weight excluding hydrogens is 1050 g/mol. The number of hydrogen-bond donors (Lipinski definition) is 0. The minimum atomic E-state index is -0.0784. The van der Waals surface area contributed by atoms with Crippen molar-refractivity contribution in [2.24, 2.45) is 0 Å². The molecule has 7 aromatic rings. The van der Waals surface area contributed by atoms with Crippen LogP contribution in [0.2, 0.25) is 0 Å². The predicted octanol–water partition coefficient (Wildman–Crippen LogP) is 23.1. The van der Waals surface area contributed by atoms with Crippen molar-refractivity contribution in [1.82, 2.24) is 9.80 Å². The molecular formula is C64H86N2O2S7. The Labute approximate surface area is 478 Å². The van der Waals surface area contributed by atoms with E-state index in [1.807, 2.05) is 36.6 Å². The Morgan fingerprint density at radius 3 is 1.08 bits per heavy atom. The van der Waals surface area contributed by atoms with Gasteiger partial charge in [0.05, 0.1) is 59.3 Å². The average molecular weight is 1140 g/mol. The molecule has 0 aliphatic carbocycles. The smallest absolute Gasteiger partial charge is 0.260 e. The summed E-state index contributed by atoms with van der Waals surface area (Å²) in [6, 6.07) is 9.12. The van der Waals surface area contributed by atoms with Crippen LogP contribution in [-0.4, -0.2) is 35.7 Å². The van der Waals surface area contributed by atoms with Gasteiger partial charge in [-0.15, -0.1) is 79.4 Å². The lowest BCUT2D eigenvalue weighted by molar-refractivity contribution is -0.123. The Hall–Kier alpha value is -2.64. The lowest BCUT2D eigenvalue weighted by atomic mass is 10.0. The number of fused-ring (bicyclic) bond motifs is 8. The van der Waals surface area contributed by atoms with E-state index in [4.69, 9.17) is 0 Å². The Morgan fingerprint density at radius 1 is 0.347 bits per heavy atom. The minimum absolute atomic E-state index is 0.0784. The lowest BCUT2D eigenvalue weighted by Gasteiger charge is -2.17. The molecule has 9 heterocycles. The van der Waals surface area contributed by atoms with E-state index >= 15 is 0 Å². The van der Waals surface area contributed by atoms with Crippen molar-refractivity contribution < 1.29 is 9.59 Å². The van der Waals surface area contributed by atoms with E-state index in [1.54, 1.807) is 38.4 Å². The summed E-state index contributed by atoms with van der Waals surface area (Å²) in [4.78, 5) is 38.5. The van der Waals surface area contributed by atoms with Gasteiger partial charge in [0.1, 0.15) is 0 Å². The van der Waals surface area contributed by atoms with Crippen LogP contribution in [0.3, 0.4) is 0 Å². The van der Waals surface area contributed by atoms with Gasteiger partial charge in [-0.05, 0) is 74.9 Å². The van der Waals surface area contributed by atoms with E-state index < -0.39 is 0 Å². The molecule has 2 aliphatic rings. The number of aryl methyl sites for hydroxylation is 3. The number of unbranched alkanes of at least 4 members (excludes halogenated alkanes) is 28. The third-order valence-electron chi connectivity index (χ3n) is 16.4. The molecule has 9 rings (SSSR count). The highest BCUT2D eigenvalue weighted by atomic mass is 32.1. The molecule has 0 N–H and O–H groups in total. The van der Waals surface area contributed by atoms with E-state index in [-0.39, 0.29) is 11.8 Å². The second-order valence-corrected chi connectivity index (χ2v) is 29.6. The number of likely N-dealkylation sites (N-methyl/N-ethyl adjacent to an activating group) is 2. The Kier molecular flexibility index (Phi) is 21.3. The molecule has 4 nitrogen and oxygen atoms in total. The van der Waals surface area contributed by atoms with Gasteiger partial charge in [-0.25, -0.2) is 0 Å². The first-order valence-electron chi connectivity index (χ1n) is 29.7. The molecule has 0 fully saturated rings. The SMILES string of the molecule is CCCCCCCCCCCCCCCCCc1c(-c2ccc(C)s2)sc2c1sc1c2sc2c3sc(-c4ccc(C5=C6C(=O)N(C)C(C)=C6C(=O)N5C)s4)c(CCCCCCCCCCCCCCCCC)c3sc21. The number of rotatable bonds is 35. The van der Waals surface area contributed by atoms with Crippen molar-refractivity contribution in [2.75, 3.05) is 14.1 Å². The zero-order valence-corrected chi connectivity index (χ0v) is 52.2. The number of thiophene rings is 7. The highest BCUT2D eigenvalue weighted by Gasteiger charge is 2.45. The van der Waals surface area contributed by atoms with Gasteiger partial charge in [-0.3, -0.25) is 9.59 Å². The van der Waals surface area contributed by atoms with Gasteiger partial charge in [0.2, 0.25) is 0 Å². The standard InChI is InChI=1S/C64H86N2O2S7/c1-7-9-11-13-15-17-19-21-23-25-27-29-31-33-35-37-45-53(48-40-39-43(3)69-48)71-57-55(45)73-61-59(57)75-60-58-56(74-62(60)61)46(38-36-34-32-30-28-26-24-22-20-18-16-14-12-10-8-2)54(72-58)49-42-41-47(70-49)52-51-50(63(67)66(52)6)44(4)65(5)64(51)68/h39-42H,7-38H2,1-6H3. The Morgan fingerprint density at radius 2 is 0.680 bits per heavy atom. The second kappa shape index (κ2) is 28.0. The molecule has 0 saturated carbocycles. The van der Waals surface area contributed by atoms with E-state index in [0.29, 0.717) is 11.1 Å². The second-order valence-electron chi connectivity index (χ2n) is 22.1. The molecule has 7 aromatic heterocycles. The molecule has 0 spiro atoms. The van der Waals surface area contributed by atoms with Crippen LogP contribution < -0.4 is 0 Å². The zero-order valence-electron chi connectivity index (χ0n) is 46.5. The largest absolute Gasteiger partial charge is 0.315 e. The first-order valence-corrected chi connectivity index (χ1v) is 35.5. The first-order chi connectivity index (χ1) is 36.7. The van der Waals surface area contributed by atoms with Crippen molar-refractivity contribution in [3.63, 3.8) is 0 Å². The third kappa shape index (κ3) is 13.2. The Bertz CT molecular complexity index is 3060. The van der Waals surface area contributed by atoms with Crippen molar-refractivity contribution in [3.05, 3.63) is 62.0 Å². The molecule has 0 atom stereocenters. The van der Waals surface area contributed by atoms with Crippen molar-refractivity contribution in [1.29, 1.82) is 0 Å². The van der Waals surface area contributed by atoms with Crippen LogP contribution in [0.15, 0.2) is 41.1 Å². The van der Waals surface area contributed by atoms with Crippen LogP contribution in [0.25, 0.3) is 62.8 Å². The van der Waals surface area contributed by atoms with E-state index in [0.717, 1.165) is 22.7 Å². The van der Waals surface area contributed by atoms with Gasteiger partial charge in [0.15, 0.2) is 0 Å². The summed E-state index contributed by atoms with van der Waals surface area (Å²) in [5, 5.41) is 0. The monoisotopic (exact) mass is 1140 g/mol. The van der Waals surface area contributed by atoms with E-state index in [1.165, 1.54) is 262 Å². The Balaban J connectivity index is 0.903. The number of nitrogens with zero attached hydrogens (tertiary/aromatic N) is 2.